The lowest BCUT2D eigenvalue weighted by Crippen LogP contribution is -2.42. The lowest BCUT2D eigenvalue weighted by Gasteiger charge is -2.38. The van der Waals surface area contributed by atoms with Crippen molar-refractivity contribution < 1.29 is 9.57 Å². The zero-order valence-electron chi connectivity index (χ0n) is 12.1. The van der Waals surface area contributed by atoms with Crippen molar-refractivity contribution >= 4 is 0 Å². The summed E-state index contributed by atoms with van der Waals surface area (Å²) >= 11 is 0. The summed E-state index contributed by atoms with van der Waals surface area (Å²) in [5.74, 6) is 0.467. The summed E-state index contributed by atoms with van der Waals surface area (Å²) < 4.78 is 6.33. The van der Waals surface area contributed by atoms with Gasteiger partial charge in [0.2, 0.25) is 0 Å². The van der Waals surface area contributed by atoms with Crippen molar-refractivity contribution in [1.82, 2.24) is 5.06 Å². The van der Waals surface area contributed by atoms with E-state index >= 15 is 0 Å². The normalized spacial score (nSPS) is 58.1. The van der Waals surface area contributed by atoms with Gasteiger partial charge in [-0.05, 0) is 31.1 Å². The first kappa shape index (κ1) is 12.1. The summed E-state index contributed by atoms with van der Waals surface area (Å²) in [6, 6.07) is 2.71. The Morgan fingerprint density at radius 2 is 2.05 bits per heavy atom. The summed E-state index contributed by atoms with van der Waals surface area (Å²) in [6.45, 7) is 9.10. The second kappa shape index (κ2) is 3.33. The smallest absolute Gasteiger partial charge is 0.152 e. The van der Waals surface area contributed by atoms with E-state index < -0.39 is 0 Å². The van der Waals surface area contributed by atoms with Gasteiger partial charge in [0.25, 0.3) is 0 Å². The monoisotopic (exact) mass is 262 g/mol. The standard InChI is InChI=1S/C15H22N2O2/c1-8-9(7-16)13-17(19-8)11-10-5-6-15(4,12(11)18-13)14(10,2)3/h8-13H,5-6H2,1-4H3/t8-,9-,10+,11+,12+,13-,15-/m0/s1. The SMILES string of the molecule is C[C@@H]1ON2[C@@H]3[C@H]4CC[C@@](C)([C@@H]3O[C@H]2[C@H]1C#N)C4(C)C. The molecule has 2 heterocycles. The first-order valence-corrected chi connectivity index (χ1v) is 7.42. The van der Waals surface area contributed by atoms with E-state index in [2.05, 4.69) is 26.8 Å². The van der Waals surface area contributed by atoms with E-state index in [-0.39, 0.29) is 29.8 Å². The van der Waals surface area contributed by atoms with Crippen LogP contribution < -0.4 is 0 Å². The van der Waals surface area contributed by atoms with E-state index in [1.165, 1.54) is 12.8 Å². The fourth-order valence-corrected chi connectivity index (χ4v) is 5.21. The van der Waals surface area contributed by atoms with Crippen molar-refractivity contribution in [2.24, 2.45) is 22.7 Å². The minimum Gasteiger partial charge on any atom is -0.354 e. The number of nitrogens with zero attached hydrogens (tertiary/aromatic N) is 2. The summed E-state index contributed by atoms with van der Waals surface area (Å²) in [5, 5.41) is 11.4. The molecule has 2 saturated carbocycles. The Morgan fingerprint density at radius 3 is 2.74 bits per heavy atom. The molecule has 0 aromatic rings. The van der Waals surface area contributed by atoms with Gasteiger partial charge in [-0.15, -0.1) is 0 Å². The molecule has 0 radical (unpaired) electrons. The largest absolute Gasteiger partial charge is 0.354 e. The third-order valence-electron chi connectivity index (χ3n) is 6.80. The molecule has 4 aliphatic rings. The van der Waals surface area contributed by atoms with E-state index in [0.29, 0.717) is 17.4 Å². The molecule has 104 valence electrons. The maximum atomic E-state index is 9.32. The Kier molecular flexibility index (Phi) is 2.13. The van der Waals surface area contributed by atoms with E-state index in [4.69, 9.17) is 9.57 Å². The molecule has 4 rings (SSSR count). The van der Waals surface area contributed by atoms with Crippen LogP contribution in [-0.2, 0) is 9.57 Å². The van der Waals surface area contributed by atoms with Gasteiger partial charge in [-0.25, -0.2) is 0 Å². The number of hydrogen-bond acceptors (Lipinski definition) is 4. The number of ether oxygens (including phenoxy) is 1. The Bertz CT molecular complexity index is 471. The Morgan fingerprint density at radius 1 is 1.32 bits per heavy atom. The molecule has 0 unspecified atom stereocenters. The lowest BCUT2D eigenvalue weighted by atomic mass is 9.70. The highest BCUT2D eigenvalue weighted by Gasteiger charge is 2.73. The number of hydrogen-bond donors (Lipinski definition) is 0. The molecule has 7 atom stereocenters. The first-order chi connectivity index (χ1) is 8.91. The van der Waals surface area contributed by atoms with Gasteiger partial charge in [0.05, 0.1) is 24.3 Å². The average molecular weight is 262 g/mol. The second-order valence-corrected chi connectivity index (χ2v) is 7.55. The van der Waals surface area contributed by atoms with E-state index in [9.17, 15) is 5.26 Å². The van der Waals surface area contributed by atoms with Gasteiger partial charge >= 0.3 is 0 Å². The molecule has 4 fully saturated rings. The van der Waals surface area contributed by atoms with Crippen molar-refractivity contribution in [2.45, 2.75) is 65.0 Å². The summed E-state index contributed by atoms with van der Waals surface area (Å²) in [4.78, 5) is 5.98. The van der Waals surface area contributed by atoms with Crippen LogP contribution in [0.1, 0.15) is 40.5 Å². The molecular weight excluding hydrogens is 240 g/mol. The van der Waals surface area contributed by atoms with Gasteiger partial charge in [0.15, 0.2) is 6.23 Å². The van der Waals surface area contributed by atoms with Crippen LogP contribution >= 0.6 is 0 Å². The maximum Gasteiger partial charge on any atom is 0.152 e. The number of nitriles is 1. The highest BCUT2D eigenvalue weighted by atomic mass is 16.8. The Labute approximate surface area is 114 Å². The zero-order valence-corrected chi connectivity index (χ0v) is 12.1. The quantitative estimate of drug-likeness (QED) is 0.672. The van der Waals surface area contributed by atoms with Gasteiger partial charge in [0.1, 0.15) is 5.92 Å². The molecule has 2 saturated heterocycles. The molecule has 2 aliphatic heterocycles. The molecular formula is C15H22N2O2. The first-order valence-electron chi connectivity index (χ1n) is 7.42. The van der Waals surface area contributed by atoms with Crippen LogP contribution in [-0.4, -0.2) is 29.5 Å². The van der Waals surface area contributed by atoms with Crippen molar-refractivity contribution in [3.63, 3.8) is 0 Å². The van der Waals surface area contributed by atoms with Crippen LogP contribution in [0.2, 0.25) is 0 Å². The fraction of sp³-hybridized carbons (Fsp3) is 0.933. The zero-order chi connectivity index (χ0) is 13.6. The molecule has 2 aliphatic carbocycles. The van der Waals surface area contributed by atoms with E-state index in [1.54, 1.807) is 0 Å². The van der Waals surface area contributed by atoms with Crippen LogP contribution in [0.3, 0.4) is 0 Å². The second-order valence-electron chi connectivity index (χ2n) is 7.55. The molecule has 19 heavy (non-hydrogen) atoms. The van der Waals surface area contributed by atoms with Crippen LogP contribution in [0.15, 0.2) is 0 Å². The van der Waals surface area contributed by atoms with E-state index in [1.807, 2.05) is 12.0 Å². The molecule has 0 spiro atoms. The number of fused-ring (bicyclic) bond motifs is 7. The van der Waals surface area contributed by atoms with Crippen molar-refractivity contribution in [3.05, 3.63) is 0 Å². The highest BCUT2D eigenvalue weighted by molar-refractivity contribution is 5.21. The predicted octanol–water partition coefficient (Wildman–Crippen LogP) is 2.31. The molecule has 0 N–H and O–H groups in total. The number of hydroxylamine groups is 2. The van der Waals surface area contributed by atoms with Gasteiger partial charge in [-0.2, -0.15) is 10.3 Å². The summed E-state index contributed by atoms with van der Waals surface area (Å²) in [6.07, 6.45) is 2.53. The summed E-state index contributed by atoms with van der Waals surface area (Å²) in [7, 11) is 0. The van der Waals surface area contributed by atoms with Crippen LogP contribution in [0, 0.1) is 34.0 Å². The lowest BCUT2D eigenvalue weighted by molar-refractivity contribution is -0.193. The minimum atomic E-state index is -0.156. The molecule has 0 aromatic heterocycles. The van der Waals surface area contributed by atoms with Gasteiger partial charge in [-0.3, -0.25) is 4.84 Å². The van der Waals surface area contributed by atoms with Crippen molar-refractivity contribution in [1.29, 1.82) is 5.26 Å². The average Bonchev–Trinajstić information content (AvgIpc) is 2.95. The molecule has 2 bridgehead atoms. The Hall–Kier alpha value is -0.630. The van der Waals surface area contributed by atoms with E-state index in [0.717, 1.165) is 0 Å². The molecule has 0 amide bonds. The fourth-order valence-electron chi connectivity index (χ4n) is 5.21. The van der Waals surface area contributed by atoms with Crippen LogP contribution in [0.4, 0.5) is 0 Å². The van der Waals surface area contributed by atoms with Crippen molar-refractivity contribution in [3.8, 4) is 6.07 Å². The highest BCUT2D eigenvalue weighted by Crippen LogP contribution is 2.69. The molecule has 4 heteroatoms. The van der Waals surface area contributed by atoms with Gasteiger partial charge < -0.3 is 4.74 Å². The van der Waals surface area contributed by atoms with Crippen LogP contribution in [0.5, 0.6) is 0 Å². The molecule has 4 nitrogen and oxygen atoms in total. The predicted molar refractivity (Wildman–Crippen MR) is 68.6 cm³/mol. The van der Waals surface area contributed by atoms with Crippen LogP contribution in [0.25, 0.3) is 0 Å². The van der Waals surface area contributed by atoms with Gasteiger partial charge in [0, 0.05) is 5.41 Å². The summed E-state index contributed by atoms with van der Waals surface area (Å²) in [5.41, 5.74) is 0.518. The minimum absolute atomic E-state index is 0.0500. The maximum absolute atomic E-state index is 9.32. The topological polar surface area (TPSA) is 45.5 Å². The number of rotatable bonds is 0. The Balaban J connectivity index is 1.73. The van der Waals surface area contributed by atoms with Crippen molar-refractivity contribution in [2.75, 3.05) is 0 Å². The van der Waals surface area contributed by atoms with Gasteiger partial charge in [-0.1, -0.05) is 20.8 Å². The molecule has 0 aromatic carbocycles. The third-order valence-corrected chi connectivity index (χ3v) is 6.80. The third kappa shape index (κ3) is 1.13.